The summed E-state index contributed by atoms with van der Waals surface area (Å²) < 4.78 is 14.6. The molecular weight excluding hydrogens is 331 g/mol. The van der Waals surface area contributed by atoms with Crippen molar-refractivity contribution >= 4 is 27.5 Å². The molecule has 0 saturated heterocycles. The van der Waals surface area contributed by atoms with E-state index in [0.717, 1.165) is 11.1 Å². The van der Waals surface area contributed by atoms with E-state index in [-0.39, 0.29) is 10.6 Å². The molecule has 0 saturated carbocycles. The van der Waals surface area contributed by atoms with E-state index in [4.69, 9.17) is 11.6 Å². The van der Waals surface area contributed by atoms with Gasteiger partial charge in [0.05, 0.1) is 5.02 Å². The Kier molecular flexibility index (Phi) is 4.29. The van der Waals surface area contributed by atoms with Crippen LogP contribution < -0.4 is 0 Å². The van der Waals surface area contributed by atoms with Crippen LogP contribution in [0.3, 0.4) is 0 Å². The summed E-state index contributed by atoms with van der Waals surface area (Å²) in [5.74, 6) is -0.593. The molecule has 0 fully saturated rings. The maximum absolute atomic E-state index is 14.1. The molecule has 4 heteroatoms. The van der Waals surface area contributed by atoms with Crippen molar-refractivity contribution in [1.82, 2.24) is 0 Å². The maximum atomic E-state index is 14.1. The third-order valence-electron chi connectivity index (χ3n) is 3.09. The van der Waals surface area contributed by atoms with E-state index in [1.807, 2.05) is 32.0 Å². The second-order valence-electron chi connectivity index (χ2n) is 4.53. The second-order valence-corrected chi connectivity index (χ2v) is 5.76. The molecule has 1 atom stereocenters. The zero-order valence-corrected chi connectivity index (χ0v) is 12.9. The first-order valence-corrected chi connectivity index (χ1v) is 6.97. The largest absolute Gasteiger partial charge is 0.384 e. The number of halogens is 3. The van der Waals surface area contributed by atoms with E-state index in [0.29, 0.717) is 10.0 Å². The van der Waals surface area contributed by atoms with Crippen molar-refractivity contribution in [2.75, 3.05) is 0 Å². The van der Waals surface area contributed by atoms with Crippen LogP contribution in [0.5, 0.6) is 0 Å². The molecule has 2 rings (SSSR count). The van der Waals surface area contributed by atoms with Crippen LogP contribution in [0, 0.1) is 19.7 Å². The van der Waals surface area contributed by atoms with Crippen molar-refractivity contribution in [2.24, 2.45) is 0 Å². The Morgan fingerprint density at radius 3 is 2.53 bits per heavy atom. The summed E-state index contributed by atoms with van der Waals surface area (Å²) in [6, 6.07) is 8.89. The van der Waals surface area contributed by atoms with Gasteiger partial charge >= 0.3 is 0 Å². The third kappa shape index (κ3) is 2.83. The summed E-state index contributed by atoms with van der Waals surface area (Å²) in [5.41, 5.74) is 2.80. The van der Waals surface area contributed by atoms with Gasteiger partial charge in [-0.05, 0) is 47.0 Å². The van der Waals surface area contributed by atoms with Gasteiger partial charge in [-0.15, -0.1) is 0 Å². The molecule has 0 amide bonds. The Balaban J connectivity index is 2.53. The van der Waals surface area contributed by atoms with Gasteiger partial charge in [-0.25, -0.2) is 4.39 Å². The minimum atomic E-state index is -1.02. The summed E-state index contributed by atoms with van der Waals surface area (Å²) in [5, 5.41) is 10.4. The Labute approximate surface area is 125 Å². The van der Waals surface area contributed by atoms with Crippen LogP contribution in [0.25, 0.3) is 0 Å². The molecule has 2 aromatic rings. The standard InChI is InChI=1S/C15H13BrClFO/c1-8-3-4-9(2)11(7-8)15(19)10-5-6-12(16)13(17)14(10)18/h3-7,15,19H,1-2H3. The highest BCUT2D eigenvalue weighted by Crippen LogP contribution is 2.33. The molecule has 19 heavy (non-hydrogen) atoms. The number of hydrogen-bond donors (Lipinski definition) is 1. The van der Waals surface area contributed by atoms with Crippen LogP contribution in [0.15, 0.2) is 34.8 Å². The monoisotopic (exact) mass is 342 g/mol. The highest BCUT2D eigenvalue weighted by Gasteiger charge is 2.20. The number of hydrogen-bond acceptors (Lipinski definition) is 1. The van der Waals surface area contributed by atoms with Crippen LogP contribution >= 0.6 is 27.5 Å². The number of aliphatic hydroxyl groups excluding tert-OH is 1. The maximum Gasteiger partial charge on any atom is 0.149 e. The lowest BCUT2D eigenvalue weighted by Gasteiger charge is -2.16. The first-order chi connectivity index (χ1) is 8.91. The number of aliphatic hydroxyl groups is 1. The van der Waals surface area contributed by atoms with E-state index < -0.39 is 11.9 Å². The Bertz CT molecular complexity index is 628. The van der Waals surface area contributed by atoms with E-state index in [9.17, 15) is 9.50 Å². The van der Waals surface area contributed by atoms with E-state index >= 15 is 0 Å². The summed E-state index contributed by atoms with van der Waals surface area (Å²) >= 11 is 9.01. The van der Waals surface area contributed by atoms with Crippen LogP contribution in [0.4, 0.5) is 4.39 Å². The van der Waals surface area contributed by atoms with Crippen molar-refractivity contribution in [2.45, 2.75) is 20.0 Å². The molecule has 2 aromatic carbocycles. The molecule has 1 N–H and O–H groups in total. The van der Waals surface area contributed by atoms with Crippen LogP contribution in [0.2, 0.25) is 5.02 Å². The lowest BCUT2D eigenvalue weighted by molar-refractivity contribution is 0.214. The fourth-order valence-corrected chi connectivity index (χ4v) is 2.45. The number of rotatable bonds is 2. The molecule has 0 aliphatic rings. The SMILES string of the molecule is Cc1ccc(C)c(C(O)c2ccc(Br)c(Cl)c2F)c1. The van der Waals surface area contributed by atoms with Gasteiger partial charge in [0.2, 0.25) is 0 Å². The van der Waals surface area contributed by atoms with Crippen molar-refractivity contribution in [1.29, 1.82) is 0 Å². The molecule has 1 nitrogen and oxygen atoms in total. The Hall–Kier alpha value is -0.900. The summed E-state index contributed by atoms with van der Waals surface area (Å²) in [4.78, 5) is 0. The minimum Gasteiger partial charge on any atom is -0.384 e. The number of benzene rings is 2. The van der Waals surface area contributed by atoms with Crippen molar-refractivity contribution < 1.29 is 9.50 Å². The quantitative estimate of drug-likeness (QED) is 0.766. The Morgan fingerprint density at radius 1 is 1.16 bits per heavy atom. The van der Waals surface area contributed by atoms with Gasteiger partial charge in [-0.3, -0.25) is 0 Å². The average Bonchev–Trinajstić information content (AvgIpc) is 2.38. The molecule has 0 aliphatic carbocycles. The number of aryl methyl sites for hydroxylation is 2. The van der Waals surface area contributed by atoms with E-state index in [1.165, 1.54) is 6.07 Å². The summed E-state index contributed by atoms with van der Waals surface area (Å²) in [7, 11) is 0. The van der Waals surface area contributed by atoms with Gasteiger partial charge in [0.25, 0.3) is 0 Å². The van der Waals surface area contributed by atoms with Crippen LogP contribution in [0.1, 0.15) is 28.4 Å². The fourth-order valence-electron chi connectivity index (χ4n) is 1.97. The molecule has 0 spiro atoms. The van der Waals surface area contributed by atoms with E-state index in [2.05, 4.69) is 15.9 Å². The lowest BCUT2D eigenvalue weighted by Crippen LogP contribution is -2.05. The van der Waals surface area contributed by atoms with E-state index in [1.54, 1.807) is 6.07 Å². The van der Waals surface area contributed by atoms with Crippen LogP contribution in [-0.2, 0) is 0 Å². The second kappa shape index (κ2) is 5.61. The van der Waals surface area contributed by atoms with Gasteiger partial charge in [-0.1, -0.05) is 41.4 Å². The molecule has 0 aromatic heterocycles. The summed E-state index contributed by atoms with van der Waals surface area (Å²) in [6.45, 7) is 3.82. The van der Waals surface area contributed by atoms with Gasteiger partial charge < -0.3 is 5.11 Å². The molecule has 0 bridgehead atoms. The average molecular weight is 344 g/mol. The van der Waals surface area contributed by atoms with Gasteiger partial charge in [-0.2, -0.15) is 0 Å². The normalized spacial score (nSPS) is 12.5. The molecular formula is C15H13BrClFO. The first kappa shape index (κ1) is 14.5. The molecule has 0 heterocycles. The van der Waals surface area contributed by atoms with Crippen molar-refractivity contribution in [3.05, 3.63) is 67.9 Å². The molecule has 1 unspecified atom stereocenters. The molecule has 0 aliphatic heterocycles. The summed E-state index contributed by atoms with van der Waals surface area (Å²) in [6.07, 6.45) is -1.02. The topological polar surface area (TPSA) is 20.2 Å². The fraction of sp³-hybridized carbons (Fsp3) is 0.200. The zero-order chi connectivity index (χ0) is 14.2. The minimum absolute atomic E-state index is 0.0122. The van der Waals surface area contributed by atoms with Crippen molar-refractivity contribution in [3.8, 4) is 0 Å². The lowest BCUT2D eigenvalue weighted by atomic mass is 9.95. The molecule has 0 radical (unpaired) electrons. The van der Waals surface area contributed by atoms with Crippen LogP contribution in [-0.4, -0.2) is 5.11 Å². The first-order valence-electron chi connectivity index (χ1n) is 5.80. The highest BCUT2D eigenvalue weighted by atomic mass is 79.9. The molecule has 100 valence electrons. The zero-order valence-electron chi connectivity index (χ0n) is 10.5. The van der Waals surface area contributed by atoms with Gasteiger partial charge in [0.1, 0.15) is 11.9 Å². The van der Waals surface area contributed by atoms with Gasteiger partial charge in [0, 0.05) is 10.0 Å². The highest BCUT2D eigenvalue weighted by molar-refractivity contribution is 9.10. The van der Waals surface area contributed by atoms with Gasteiger partial charge in [0.15, 0.2) is 0 Å². The predicted octanol–water partition coefficient (Wildman–Crippen LogP) is 4.94. The third-order valence-corrected chi connectivity index (χ3v) is 4.35. The smallest absolute Gasteiger partial charge is 0.149 e. The Morgan fingerprint density at radius 2 is 1.84 bits per heavy atom. The van der Waals surface area contributed by atoms with Crippen molar-refractivity contribution in [3.63, 3.8) is 0 Å². The predicted molar refractivity (Wildman–Crippen MR) is 79.1 cm³/mol.